The summed E-state index contributed by atoms with van der Waals surface area (Å²) in [7, 11) is 0. The van der Waals surface area contributed by atoms with E-state index in [1.165, 1.54) is 12.5 Å². The Morgan fingerprint density at radius 3 is 2.71 bits per heavy atom. The van der Waals surface area contributed by atoms with Gasteiger partial charge in [-0.05, 0) is 37.7 Å². The first-order chi connectivity index (χ1) is 13.4. The zero-order valence-electron chi connectivity index (χ0n) is 15.1. The summed E-state index contributed by atoms with van der Waals surface area (Å²) in [6, 6.07) is 1.72. The third-order valence-corrected chi connectivity index (χ3v) is 8.09. The second kappa shape index (κ2) is 4.97. The molecule has 8 heteroatoms. The highest BCUT2D eigenvalue weighted by atomic mass is 16.6. The Balaban J connectivity index is 1.52. The van der Waals surface area contributed by atoms with Gasteiger partial charge in [-0.2, -0.15) is 0 Å². The van der Waals surface area contributed by atoms with E-state index in [-0.39, 0.29) is 37.4 Å². The van der Waals surface area contributed by atoms with E-state index in [4.69, 9.17) is 18.6 Å². The van der Waals surface area contributed by atoms with E-state index in [0.717, 1.165) is 0 Å². The molecule has 1 aromatic heterocycles. The fraction of sp³-hybridized carbons (Fsp3) is 0.650. The first kappa shape index (κ1) is 16.6. The molecular weight excluding hydrogens is 368 g/mol. The normalized spacial score (nSPS) is 48.8. The zero-order chi connectivity index (χ0) is 19.3. The fourth-order valence-electron chi connectivity index (χ4n) is 6.78. The van der Waals surface area contributed by atoms with Crippen molar-refractivity contribution in [2.24, 2.45) is 22.7 Å². The Bertz CT molecular complexity index is 892. The van der Waals surface area contributed by atoms with Crippen LogP contribution in [0.2, 0.25) is 0 Å². The maximum absolute atomic E-state index is 13.0. The molecule has 1 aromatic rings. The molecule has 2 saturated carbocycles. The van der Waals surface area contributed by atoms with Gasteiger partial charge in [-0.1, -0.05) is 0 Å². The van der Waals surface area contributed by atoms with E-state index in [9.17, 15) is 19.5 Å². The SMILES string of the molecule is O=C1OC2C[C@H]1[C@]13CC[C@@]4(O)C(=O)O[C@H](c5ccoc5)C[C@@]4(COC1=O)[C@@H]3C2. The predicted octanol–water partition coefficient (Wildman–Crippen LogP) is 1.27. The van der Waals surface area contributed by atoms with Crippen LogP contribution in [0.25, 0.3) is 0 Å². The van der Waals surface area contributed by atoms with Gasteiger partial charge in [0.25, 0.3) is 0 Å². The number of hydrogen-bond acceptors (Lipinski definition) is 8. The van der Waals surface area contributed by atoms with Crippen molar-refractivity contribution in [3.63, 3.8) is 0 Å². The minimum atomic E-state index is -1.75. The monoisotopic (exact) mass is 388 g/mol. The molecule has 1 N–H and O–H groups in total. The van der Waals surface area contributed by atoms with Gasteiger partial charge >= 0.3 is 17.9 Å². The number of esters is 3. The Labute approximate surface area is 160 Å². The average molecular weight is 388 g/mol. The quantitative estimate of drug-likeness (QED) is 0.565. The number of furan rings is 1. The van der Waals surface area contributed by atoms with Crippen molar-refractivity contribution in [3.05, 3.63) is 24.2 Å². The van der Waals surface area contributed by atoms with Crippen molar-refractivity contribution >= 4 is 17.9 Å². The third-order valence-electron chi connectivity index (χ3n) is 8.09. The molecule has 1 unspecified atom stereocenters. The number of carbonyl (C=O) groups excluding carboxylic acids is 3. The van der Waals surface area contributed by atoms with Crippen LogP contribution in [0.5, 0.6) is 0 Å². The molecule has 0 aromatic carbocycles. The zero-order valence-corrected chi connectivity index (χ0v) is 15.1. The second-order valence-electron chi connectivity index (χ2n) is 8.92. The van der Waals surface area contributed by atoms with Gasteiger partial charge in [0.05, 0.1) is 29.3 Å². The Morgan fingerprint density at radius 1 is 1.07 bits per heavy atom. The summed E-state index contributed by atoms with van der Waals surface area (Å²) in [6.45, 7) is -0.0637. The summed E-state index contributed by atoms with van der Waals surface area (Å²) in [6.07, 6.45) is 3.67. The molecule has 5 aliphatic rings. The fourth-order valence-corrected chi connectivity index (χ4v) is 6.78. The molecule has 4 bridgehead atoms. The Morgan fingerprint density at radius 2 is 1.93 bits per heavy atom. The van der Waals surface area contributed by atoms with Gasteiger partial charge in [0.1, 0.15) is 18.8 Å². The van der Waals surface area contributed by atoms with Crippen LogP contribution >= 0.6 is 0 Å². The van der Waals surface area contributed by atoms with Gasteiger partial charge in [-0.3, -0.25) is 9.59 Å². The summed E-state index contributed by atoms with van der Waals surface area (Å²) in [5.74, 6) is -2.40. The smallest absolute Gasteiger partial charge is 0.339 e. The van der Waals surface area contributed by atoms with E-state index in [1.54, 1.807) is 6.07 Å². The van der Waals surface area contributed by atoms with Crippen LogP contribution in [0.15, 0.2) is 23.0 Å². The standard InChI is InChI=1S/C20H20O8/c21-15-12-5-11(27-15)6-14-18-7-13(10-1-4-25-8-10)28-17(23)20(18,24)3-2-19(12,14)16(22)26-9-18/h1,4,8,11-14,24H,2-3,5-7,9H2/t11?,12-,13+,14+,18-,19+,20-/m1/s1. The van der Waals surface area contributed by atoms with E-state index in [1.807, 2.05) is 0 Å². The van der Waals surface area contributed by atoms with Crippen LogP contribution in [0.4, 0.5) is 0 Å². The highest BCUT2D eigenvalue weighted by molar-refractivity contribution is 5.90. The largest absolute Gasteiger partial charge is 0.472 e. The average Bonchev–Trinajstić information content (AvgIpc) is 3.30. The lowest BCUT2D eigenvalue weighted by atomic mass is 9.40. The van der Waals surface area contributed by atoms with E-state index < -0.39 is 40.4 Å². The Kier molecular flexibility index (Phi) is 2.95. The highest BCUT2D eigenvalue weighted by Crippen LogP contribution is 2.70. The molecule has 0 amide bonds. The van der Waals surface area contributed by atoms with Crippen molar-refractivity contribution in [1.29, 1.82) is 0 Å². The number of fused-ring (bicyclic) bond motifs is 2. The van der Waals surface area contributed by atoms with E-state index in [2.05, 4.69) is 0 Å². The molecule has 6 rings (SSSR count). The van der Waals surface area contributed by atoms with Gasteiger partial charge in [0.2, 0.25) is 0 Å². The minimum Gasteiger partial charge on any atom is -0.472 e. The molecule has 2 aliphatic carbocycles. The van der Waals surface area contributed by atoms with Crippen LogP contribution in [-0.4, -0.2) is 41.3 Å². The number of cyclic esters (lactones) is 2. The highest BCUT2D eigenvalue weighted by Gasteiger charge is 2.79. The van der Waals surface area contributed by atoms with Crippen LogP contribution in [0.3, 0.4) is 0 Å². The molecule has 28 heavy (non-hydrogen) atoms. The summed E-state index contributed by atoms with van der Waals surface area (Å²) >= 11 is 0. The molecule has 5 fully saturated rings. The third kappa shape index (κ3) is 1.65. The van der Waals surface area contributed by atoms with Crippen LogP contribution < -0.4 is 0 Å². The lowest BCUT2D eigenvalue weighted by Crippen LogP contribution is -2.75. The second-order valence-corrected chi connectivity index (χ2v) is 8.92. The number of aliphatic hydroxyl groups is 1. The number of rotatable bonds is 1. The lowest BCUT2D eigenvalue weighted by molar-refractivity contribution is -0.289. The lowest BCUT2D eigenvalue weighted by Gasteiger charge is -2.65. The van der Waals surface area contributed by atoms with Crippen molar-refractivity contribution in [2.45, 2.75) is 49.9 Å². The molecule has 0 radical (unpaired) electrons. The molecule has 3 saturated heterocycles. The summed E-state index contributed by atoms with van der Waals surface area (Å²) in [4.78, 5) is 38.5. The van der Waals surface area contributed by atoms with Crippen molar-refractivity contribution in [2.75, 3.05) is 6.61 Å². The predicted molar refractivity (Wildman–Crippen MR) is 88.3 cm³/mol. The maximum Gasteiger partial charge on any atom is 0.339 e. The molecular formula is C20H20O8. The number of carbonyl (C=O) groups is 3. The molecule has 7 atom stereocenters. The summed E-state index contributed by atoms with van der Waals surface area (Å²) in [5, 5.41) is 11.5. The van der Waals surface area contributed by atoms with Crippen LogP contribution in [0, 0.1) is 22.7 Å². The van der Waals surface area contributed by atoms with Gasteiger partial charge in [-0.15, -0.1) is 0 Å². The molecule has 8 nitrogen and oxygen atoms in total. The summed E-state index contributed by atoms with van der Waals surface area (Å²) in [5.41, 5.74) is -3.10. The van der Waals surface area contributed by atoms with Gasteiger partial charge in [0, 0.05) is 12.0 Å². The molecule has 3 aliphatic heterocycles. The van der Waals surface area contributed by atoms with Crippen molar-refractivity contribution in [1.82, 2.24) is 0 Å². The van der Waals surface area contributed by atoms with Crippen molar-refractivity contribution in [3.8, 4) is 0 Å². The van der Waals surface area contributed by atoms with Crippen molar-refractivity contribution < 1.29 is 38.1 Å². The van der Waals surface area contributed by atoms with E-state index >= 15 is 0 Å². The molecule has 4 heterocycles. The minimum absolute atomic E-state index is 0.0637. The van der Waals surface area contributed by atoms with E-state index in [0.29, 0.717) is 24.8 Å². The van der Waals surface area contributed by atoms with Crippen LogP contribution in [0.1, 0.15) is 43.8 Å². The maximum atomic E-state index is 13.0. The Hall–Kier alpha value is -2.35. The van der Waals surface area contributed by atoms with Gasteiger partial charge in [0.15, 0.2) is 5.60 Å². The van der Waals surface area contributed by atoms with Gasteiger partial charge < -0.3 is 23.7 Å². The topological polar surface area (TPSA) is 112 Å². The van der Waals surface area contributed by atoms with Crippen LogP contribution in [-0.2, 0) is 28.6 Å². The van der Waals surface area contributed by atoms with Gasteiger partial charge in [-0.25, -0.2) is 4.79 Å². The number of ether oxygens (including phenoxy) is 3. The molecule has 1 spiro atoms. The summed E-state index contributed by atoms with van der Waals surface area (Å²) < 4.78 is 21.8. The first-order valence-electron chi connectivity index (χ1n) is 9.74. The number of hydrogen-bond donors (Lipinski definition) is 1. The first-order valence-corrected chi connectivity index (χ1v) is 9.74. The molecule has 148 valence electrons.